The summed E-state index contributed by atoms with van der Waals surface area (Å²) in [5.41, 5.74) is 3.07. The van der Waals surface area contributed by atoms with Crippen molar-refractivity contribution in [2.75, 3.05) is 0 Å². The molecule has 21 heavy (non-hydrogen) atoms. The Kier molecular flexibility index (Phi) is 3.34. The van der Waals surface area contributed by atoms with Gasteiger partial charge in [-0.3, -0.25) is 0 Å². The molecule has 0 aromatic heterocycles. The first-order valence-corrected chi connectivity index (χ1v) is 7.93. The summed E-state index contributed by atoms with van der Waals surface area (Å²) in [5.74, 6) is 0. The van der Waals surface area contributed by atoms with Crippen LogP contribution in [0.3, 0.4) is 0 Å². The molecule has 2 aromatic carbocycles. The van der Waals surface area contributed by atoms with E-state index in [9.17, 15) is 5.11 Å². The number of aryl methyl sites for hydroxylation is 1. The average molecular weight is 343 g/mol. The molecule has 1 unspecified atom stereocenters. The summed E-state index contributed by atoms with van der Waals surface area (Å²) in [7, 11) is 0. The fourth-order valence-corrected chi connectivity index (χ4v) is 3.32. The van der Waals surface area contributed by atoms with E-state index >= 15 is 0 Å². The van der Waals surface area contributed by atoms with E-state index in [1.165, 1.54) is 5.56 Å². The van der Waals surface area contributed by atoms with Crippen LogP contribution in [-0.4, -0.2) is 5.11 Å². The van der Waals surface area contributed by atoms with Crippen molar-refractivity contribution in [1.82, 2.24) is 0 Å². The first-order chi connectivity index (χ1) is 9.83. The Bertz CT molecular complexity index is 713. The third-order valence-corrected chi connectivity index (χ3v) is 4.81. The second-order valence-corrected chi connectivity index (χ2v) is 7.29. The molecule has 1 aliphatic rings. The molecule has 0 aliphatic heterocycles. The molecule has 2 aromatic rings. The highest BCUT2D eigenvalue weighted by molar-refractivity contribution is 9.10. The summed E-state index contributed by atoms with van der Waals surface area (Å²) >= 11 is 3.53. The maximum absolute atomic E-state index is 11.3. The van der Waals surface area contributed by atoms with E-state index in [4.69, 9.17) is 0 Å². The van der Waals surface area contributed by atoms with Crippen LogP contribution in [0.25, 0.3) is 0 Å². The molecule has 0 fully saturated rings. The van der Waals surface area contributed by atoms with Crippen molar-refractivity contribution < 1.29 is 5.11 Å². The van der Waals surface area contributed by atoms with Crippen LogP contribution in [0.15, 0.2) is 59.1 Å². The van der Waals surface area contributed by atoms with Gasteiger partial charge in [-0.1, -0.05) is 71.7 Å². The molecule has 1 nitrogen and oxygen atoms in total. The van der Waals surface area contributed by atoms with Crippen molar-refractivity contribution in [1.29, 1.82) is 0 Å². The van der Waals surface area contributed by atoms with Crippen LogP contribution in [0, 0.1) is 6.92 Å². The second-order valence-electron chi connectivity index (χ2n) is 6.38. The first-order valence-electron chi connectivity index (χ1n) is 7.13. The van der Waals surface area contributed by atoms with Crippen LogP contribution in [-0.2, 0) is 11.0 Å². The third kappa shape index (κ3) is 2.37. The summed E-state index contributed by atoms with van der Waals surface area (Å²) in [6.45, 7) is 6.40. The van der Waals surface area contributed by atoms with Crippen molar-refractivity contribution in [2.24, 2.45) is 0 Å². The van der Waals surface area contributed by atoms with Crippen molar-refractivity contribution in [2.45, 2.75) is 31.8 Å². The monoisotopic (exact) mass is 342 g/mol. The summed E-state index contributed by atoms with van der Waals surface area (Å²) in [4.78, 5) is 0. The van der Waals surface area contributed by atoms with Gasteiger partial charge in [0.2, 0.25) is 0 Å². The van der Waals surface area contributed by atoms with Gasteiger partial charge in [0, 0.05) is 9.89 Å². The van der Waals surface area contributed by atoms with Gasteiger partial charge >= 0.3 is 0 Å². The lowest BCUT2D eigenvalue weighted by Gasteiger charge is -2.38. The molecule has 2 heteroatoms. The van der Waals surface area contributed by atoms with E-state index in [2.05, 4.69) is 48.8 Å². The topological polar surface area (TPSA) is 20.2 Å². The van der Waals surface area contributed by atoms with Crippen molar-refractivity contribution >= 4 is 15.9 Å². The van der Waals surface area contributed by atoms with Crippen LogP contribution >= 0.6 is 15.9 Å². The molecule has 0 saturated carbocycles. The quantitative estimate of drug-likeness (QED) is 0.735. The zero-order valence-corrected chi connectivity index (χ0v) is 14.1. The number of allylic oxidation sites excluding steroid dienone is 1. The molecule has 0 bridgehead atoms. The lowest BCUT2D eigenvalue weighted by Crippen LogP contribution is -2.34. The fourth-order valence-electron chi connectivity index (χ4n) is 2.96. The normalized spacial score (nSPS) is 22.9. The van der Waals surface area contributed by atoms with Gasteiger partial charge in [0.1, 0.15) is 5.60 Å². The minimum Gasteiger partial charge on any atom is -0.377 e. The number of halogens is 1. The molecule has 0 amide bonds. The molecule has 0 radical (unpaired) electrons. The van der Waals surface area contributed by atoms with Gasteiger partial charge in [-0.15, -0.1) is 0 Å². The fraction of sp³-hybridized carbons (Fsp3) is 0.263. The highest BCUT2D eigenvalue weighted by Gasteiger charge is 2.38. The Morgan fingerprint density at radius 2 is 1.57 bits per heavy atom. The molecule has 1 N–H and O–H groups in total. The lowest BCUT2D eigenvalue weighted by molar-refractivity contribution is 0.128. The molecule has 108 valence electrons. The van der Waals surface area contributed by atoms with Crippen molar-refractivity contribution in [3.05, 3.63) is 81.3 Å². The summed E-state index contributed by atoms with van der Waals surface area (Å²) in [5, 5.41) is 11.3. The van der Waals surface area contributed by atoms with Crippen LogP contribution < -0.4 is 0 Å². The summed E-state index contributed by atoms with van der Waals surface area (Å²) < 4.78 is 0.984. The first kappa shape index (κ1) is 14.6. The molecule has 0 heterocycles. The third-order valence-electron chi connectivity index (χ3n) is 4.32. The molecule has 0 spiro atoms. The van der Waals surface area contributed by atoms with Crippen molar-refractivity contribution in [3.8, 4) is 0 Å². The largest absolute Gasteiger partial charge is 0.377 e. The Balaban J connectivity index is 2.25. The SMILES string of the molecule is Cc1ccc(C2(O)C=CC(C)(C)c3ccc(Br)cc32)cc1. The van der Waals surface area contributed by atoms with Gasteiger partial charge in [-0.2, -0.15) is 0 Å². The Morgan fingerprint density at radius 3 is 2.24 bits per heavy atom. The minimum atomic E-state index is -1.07. The number of hydrogen-bond donors (Lipinski definition) is 1. The second kappa shape index (κ2) is 4.82. The zero-order valence-electron chi connectivity index (χ0n) is 12.5. The van der Waals surface area contributed by atoms with E-state index in [1.807, 2.05) is 42.5 Å². The van der Waals surface area contributed by atoms with E-state index in [-0.39, 0.29) is 5.41 Å². The average Bonchev–Trinajstić information content (AvgIpc) is 2.44. The Hall–Kier alpha value is -1.38. The van der Waals surface area contributed by atoms with Crippen LogP contribution in [0.1, 0.15) is 36.1 Å². The minimum absolute atomic E-state index is 0.0764. The van der Waals surface area contributed by atoms with Gasteiger partial charge < -0.3 is 5.11 Å². The van der Waals surface area contributed by atoms with Crippen LogP contribution in [0.5, 0.6) is 0 Å². The molecular weight excluding hydrogens is 324 g/mol. The molecule has 1 aliphatic carbocycles. The number of rotatable bonds is 1. The van der Waals surface area contributed by atoms with E-state index in [1.54, 1.807) is 0 Å². The highest BCUT2D eigenvalue weighted by atomic mass is 79.9. The summed E-state index contributed by atoms with van der Waals surface area (Å²) in [6.07, 6.45) is 4.02. The highest BCUT2D eigenvalue weighted by Crippen LogP contribution is 2.44. The van der Waals surface area contributed by atoms with Crippen molar-refractivity contribution in [3.63, 3.8) is 0 Å². The number of fused-ring (bicyclic) bond motifs is 1. The van der Waals surface area contributed by atoms with Crippen LogP contribution in [0.2, 0.25) is 0 Å². The van der Waals surface area contributed by atoms with Gasteiger partial charge in [0.15, 0.2) is 0 Å². The maximum atomic E-state index is 11.3. The zero-order chi connectivity index (χ0) is 15.3. The summed E-state index contributed by atoms with van der Waals surface area (Å²) in [6, 6.07) is 14.3. The van der Waals surface area contributed by atoms with Crippen LogP contribution in [0.4, 0.5) is 0 Å². The molecule has 0 saturated heterocycles. The van der Waals surface area contributed by atoms with Gasteiger partial charge in [-0.05, 0) is 41.8 Å². The lowest BCUT2D eigenvalue weighted by atomic mass is 9.70. The number of hydrogen-bond acceptors (Lipinski definition) is 1. The molecule has 1 atom stereocenters. The predicted molar refractivity (Wildman–Crippen MR) is 90.5 cm³/mol. The van der Waals surface area contributed by atoms with Gasteiger partial charge in [0.25, 0.3) is 0 Å². The van der Waals surface area contributed by atoms with E-state index < -0.39 is 5.60 Å². The van der Waals surface area contributed by atoms with Gasteiger partial charge in [-0.25, -0.2) is 0 Å². The predicted octanol–water partition coefficient (Wildman–Crippen LogP) is 4.84. The Morgan fingerprint density at radius 1 is 0.905 bits per heavy atom. The molecular formula is C19H19BrO. The smallest absolute Gasteiger partial charge is 0.134 e. The van der Waals surface area contributed by atoms with E-state index in [0.29, 0.717) is 0 Å². The number of benzene rings is 2. The molecule has 3 rings (SSSR count). The van der Waals surface area contributed by atoms with Gasteiger partial charge in [0.05, 0.1) is 0 Å². The Labute approximate surface area is 134 Å². The number of aliphatic hydroxyl groups is 1. The standard InChI is InChI=1S/C19H19BrO/c1-13-4-6-14(7-5-13)19(21)11-10-18(2,3)16-9-8-15(20)12-17(16)19/h4-12,21H,1-3H3. The van der Waals surface area contributed by atoms with E-state index in [0.717, 1.165) is 21.2 Å². The maximum Gasteiger partial charge on any atom is 0.134 e.